The highest BCUT2D eigenvalue weighted by Gasteiger charge is 2.31. The molecule has 0 aliphatic carbocycles. The van der Waals surface area contributed by atoms with Crippen LogP contribution >= 0.6 is 22.6 Å². The van der Waals surface area contributed by atoms with Crippen LogP contribution in [0.15, 0.2) is 42.6 Å². The molecule has 1 unspecified atom stereocenters. The van der Waals surface area contributed by atoms with Crippen molar-refractivity contribution in [2.24, 2.45) is 5.92 Å². The van der Waals surface area contributed by atoms with E-state index in [1.54, 1.807) is 6.20 Å². The van der Waals surface area contributed by atoms with Crippen LogP contribution in [0.3, 0.4) is 0 Å². The molecule has 2 heterocycles. The van der Waals surface area contributed by atoms with Crippen molar-refractivity contribution in [3.05, 3.63) is 57.3 Å². The first-order chi connectivity index (χ1) is 11.1. The molecule has 1 N–H and O–H groups in total. The van der Waals surface area contributed by atoms with Gasteiger partial charge < -0.3 is 10.1 Å². The van der Waals surface area contributed by atoms with Gasteiger partial charge in [-0.2, -0.15) is 0 Å². The Hall–Kier alpha value is -1.96. The van der Waals surface area contributed by atoms with Crippen LogP contribution < -0.4 is 5.32 Å². The number of benzene rings is 1. The minimum atomic E-state index is -0.800. The molecule has 0 saturated heterocycles. The molecule has 0 radical (unpaired) electrons. The predicted octanol–water partition coefficient (Wildman–Crippen LogP) is 2.93. The third-order valence-electron chi connectivity index (χ3n) is 3.70. The third-order valence-corrected chi connectivity index (χ3v) is 4.29. The van der Waals surface area contributed by atoms with Gasteiger partial charge >= 0.3 is 5.97 Å². The van der Waals surface area contributed by atoms with Crippen molar-refractivity contribution in [2.75, 3.05) is 5.32 Å². The number of aryl methyl sites for hydroxylation is 1. The SMILES string of the molecule is O=C1Nc2ncc(I)cc2CCC1C(=O)OCc1ccccc1. The predicted molar refractivity (Wildman–Crippen MR) is 93.6 cm³/mol. The van der Waals surface area contributed by atoms with Gasteiger partial charge in [-0.3, -0.25) is 9.59 Å². The molecule has 0 spiro atoms. The molecule has 0 saturated carbocycles. The van der Waals surface area contributed by atoms with Gasteiger partial charge in [0.15, 0.2) is 0 Å². The van der Waals surface area contributed by atoms with E-state index in [2.05, 4.69) is 32.9 Å². The van der Waals surface area contributed by atoms with Crippen molar-refractivity contribution in [1.82, 2.24) is 4.98 Å². The molecule has 118 valence electrons. The third kappa shape index (κ3) is 3.87. The molecule has 1 aliphatic heterocycles. The Morgan fingerprint density at radius 2 is 2.13 bits per heavy atom. The van der Waals surface area contributed by atoms with Gasteiger partial charge in [0.1, 0.15) is 18.3 Å². The number of fused-ring (bicyclic) bond motifs is 1. The number of nitrogens with zero attached hydrogens (tertiary/aromatic N) is 1. The van der Waals surface area contributed by atoms with Crippen LogP contribution in [0.25, 0.3) is 0 Å². The van der Waals surface area contributed by atoms with E-state index in [-0.39, 0.29) is 12.5 Å². The van der Waals surface area contributed by atoms with Gasteiger partial charge in [-0.15, -0.1) is 0 Å². The number of rotatable bonds is 3. The molecule has 23 heavy (non-hydrogen) atoms. The number of hydrogen-bond donors (Lipinski definition) is 1. The van der Waals surface area contributed by atoms with E-state index in [9.17, 15) is 9.59 Å². The fourth-order valence-corrected chi connectivity index (χ4v) is 2.99. The average Bonchev–Trinajstić information content (AvgIpc) is 2.72. The average molecular weight is 422 g/mol. The van der Waals surface area contributed by atoms with E-state index in [0.29, 0.717) is 18.7 Å². The molecule has 1 aliphatic rings. The normalized spacial score (nSPS) is 16.9. The molecule has 1 aromatic heterocycles. The van der Waals surface area contributed by atoms with Crippen LogP contribution in [-0.4, -0.2) is 16.9 Å². The highest BCUT2D eigenvalue weighted by molar-refractivity contribution is 14.1. The number of carbonyl (C=O) groups excluding carboxylic acids is 2. The summed E-state index contributed by atoms with van der Waals surface area (Å²) in [4.78, 5) is 28.7. The van der Waals surface area contributed by atoms with E-state index in [4.69, 9.17) is 4.74 Å². The Balaban J connectivity index is 1.67. The number of amides is 1. The largest absolute Gasteiger partial charge is 0.460 e. The Kier molecular flexibility index (Phi) is 4.90. The first-order valence-corrected chi connectivity index (χ1v) is 8.37. The van der Waals surface area contributed by atoms with Gasteiger partial charge in [0.25, 0.3) is 0 Å². The van der Waals surface area contributed by atoms with Crippen LogP contribution in [0.2, 0.25) is 0 Å². The molecule has 0 fully saturated rings. The lowest BCUT2D eigenvalue weighted by Crippen LogP contribution is -2.30. The van der Waals surface area contributed by atoms with Crippen LogP contribution in [0.5, 0.6) is 0 Å². The van der Waals surface area contributed by atoms with Crippen LogP contribution in [0.4, 0.5) is 5.82 Å². The number of carbonyl (C=O) groups is 2. The molecule has 3 rings (SSSR count). The summed E-state index contributed by atoms with van der Waals surface area (Å²) in [6.45, 7) is 0.173. The van der Waals surface area contributed by atoms with Gasteiger partial charge in [-0.05, 0) is 52.6 Å². The Bertz CT molecular complexity index is 734. The van der Waals surface area contributed by atoms with Crippen LogP contribution in [0, 0.1) is 9.49 Å². The lowest BCUT2D eigenvalue weighted by molar-refractivity contribution is -0.152. The fraction of sp³-hybridized carbons (Fsp3) is 0.235. The molecule has 1 atom stereocenters. The standard InChI is InChI=1S/C17H15IN2O3/c18-13-8-12-6-7-14(16(21)20-15(12)19-9-13)17(22)23-10-11-4-2-1-3-5-11/h1-5,8-9,14H,6-7,10H2,(H,19,20,21). The lowest BCUT2D eigenvalue weighted by Gasteiger charge is -2.12. The number of aromatic nitrogens is 1. The van der Waals surface area contributed by atoms with Crippen LogP contribution in [0.1, 0.15) is 17.5 Å². The van der Waals surface area contributed by atoms with Gasteiger partial charge in [0.05, 0.1) is 0 Å². The van der Waals surface area contributed by atoms with Crippen molar-refractivity contribution in [1.29, 1.82) is 0 Å². The summed E-state index contributed by atoms with van der Waals surface area (Å²) in [5.74, 6) is -1.11. The number of anilines is 1. The summed E-state index contributed by atoms with van der Waals surface area (Å²) in [6, 6.07) is 11.4. The van der Waals surface area contributed by atoms with Gasteiger partial charge in [0.2, 0.25) is 5.91 Å². The number of ether oxygens (including phenoxy) is 1. The first-order valence-electron chi connectivity index (χ1n) is 7.29. The highest BCUT2D eigenvalue weighted by Crippen LogP contribution is 2.25. The maximum Gasteiger partial charge on any atom is 0.318 e. The number of nitrogens with one attached hydrogen (secondary N) is 1. The number of pyridine rings is 1. The van der Waals surface area contributed by atoms with E-state index < -0.39 is 11.9 Å². The zero-order valence-electron chi connectivity index (χ0n) is 12.3. The lowest BCUT2D eigenvalue weighted by atomic mass is 10.0. The quantitative estimate of drug-likeness (QED) is 0.469. The Labute approximate surface area is 147 Å². The topological polar surface area (TPSA) is 68.3 Å². The minimum absolute atomic E-state index is 0.173. The zero-order chi connectivity index (χ0) is 16.2. The summed E-state index contributed by atoms with van der Waals surface area (Å²) in [5.41, 5.74) is 1.85. The summed E-state index contributed by atoms with van der Waals surface area (Å²) < 4.78 is 6.30. The Morgan fingerprint density at radius 1 is 1.35 bits per heavy atom. The maximum absolute atomic E-state index is 12.3. The smallest absolute Gasteiger partial charge is 0.318 e. The summed E-state index contributed by atoms with van der Waals surface area (Å²) in [6.07, 6.45) is 2.73. The molecular formula is C17H15IN2O3. The van der Waals surface area contributed by atoms with Gasteiger partial charge in [-0.1, -0.05) is 30.3 Å². The second kappa shape index (κ2) is 7.08. The maximum atomic E-state index is 12.3. The molecule has 1 aromatic carbocycles. The van der Waals surface area contributed by atoms with Crippen molar-refractivity contribution in [2.45, 2.75) is 19.4 Å². The van der Waals surface area contributed by atoms with E-state index in [1.165, 1.54) is 0 Å². The van der Waals surface area contributed by atoms with Crippen molar-refractivity contribution >= 4 is 40.3 Å². The van der Waals surface area contributed by atoms with E-state index >= 15 is 0 Å². The summed E-state index contributed by atoms with van der Waals surface area (Å²) in [7, 11) is 0. The summed E-state index contributed by atoms with van der Waals surface area (Å²) in [5, 5.41) is 2.72. The number of hydrogen-bond acceptors (Lipinski definition) is 4. The first kappa shape index (κ1) is 15.9. The van der Waals surface area contributed by atoms with Crippen molar-refractivity contribution < 1.29 is 14.3 Å². The molecule has 5 nitrogen and oxygen atoms in total. The van der Waals surface area contributed by atoms with Crippen molar-refractivity contribution in [3.63, 3.8) is 0 Å². The Morgan fingerprint density at radius 3 is 2.91 bits per heavy atom. The molecule has 0 bridgehead atoms. The molecule has 1 amide bonds. The zero-order valence-corrected chi connectivity index (χ0v) is 14.4. The fourth-order valence-electron chi connectivity index (χ4n) is 2.47. The van der Waals surface area contributed by atoms with Gasteiger partial charge in [-0.25, -0.2) is 4.98 Å². The number of esters is 1. The highest BCUT2D eigenvalue weighted by atomic mass is 127. The monoisotopic (exact) mass is 422 g/mol. The van der Waals surface area contributed by atoms with Crippen molar-refractivity contribution in [3.8, 4) is 0 Å². The molecular weight excluding hydrogens is 407 g/mol. The summed E-state index contributed by atoms with van der Waals surface area (Å²) >= 11 is 2.18. The molecule has 6 heteroatoms. The number of halogens is 1. The van der Waals surface area contributed by atoms with Crippen LogP contribution in [-0.2, 0) is 27.4 Å². The molecule has 2 aromatic rings. The second-order valence-electron chi connectivity index (χ2n) is 5.34. The second-order valence-corrected chi connectivity index (χ2v) is 6.58. The minimum Gasteiger partial charge on any atom is -0.460 e. The van der Waals surface area contributed by atoms with E-state index in [0.717, 1.165) is 14.7 Å². The van der Waals surface area contributed by atoms with E-state index in [1.807, 2.05) is 36.4 Å². The van der Waals surface area contributed by atoms with Gasteiger partial charge in [0, 0.05) is 9.77 Å².